The third-order valence-electron chi connectivity index (χ3n) is 10.3. The summed E-state index contributed by atoms with van der Waals surface area (Å²) in [5.74, 6) is 0.665. The van der Waals surface area contributed by atoms with Gasteiger partial charge in [-0.25, -0.2) is 9.97 Å². The lowest BCUT2D eigenvalue weighted by Crippen LogP contribution is -2.03. The average Bonchev–Trinajstić information content (AvgIpc) is 3.71. The Hall–Kier alpha value is -6.78. The van der Waals surface area contributed by atoms with Crippen molar-refractivity contribution < 1.29 is 0 Å². The lowest BCUT2D eigenvalue weighted by Gasteiger charge is -2.12. The van der Waals surface area contributed by atoms with Gasteiger partial charge in [0.05, 0.1) is 33.3 Å². The standard InChI is InChI=1S/C46H28N4/c1-2-13-31(14-3-1)45-34-16-6-9-19-38(34)47-46(48-45)50-40-21-11-8-18-36(40)44-37-28-32(25-22-30(37)24-27-42(44)50)49-39-20-10-7-17-35(39)43-33-15-5-4-12-29(33)23-26-41(43)49/h1-28H. The van der Waals surface area contributed by atoms with Gasteiger partial charge in [0.2, 0.25) is 5.95 Å². The van der Waals surface area contributed by atoms with Crippen LogP contribution in [0.3, 0.4) is 0 Å². The van der Waals surface area contributed by atoms with E-state index in [1.165, 1.54) is 54.1 Å². The first-order valence-corrected chi connectivity index (χ1v) is 17.0. The van der Waals surface area contributed by atoms with Crippen LogP contribution in [0.4, 0.5) is 0 Å². The number of hydrogen-bond acceptors (Lipinski definition) is 2. The zero-order valence-electron chi connectivity index (χ0n) is 27.0. The number of hydrogen-bond donors (Lipinski definition) is 0. The van der Waals surface area contributed by atoms with Crippen LogP contribution >= 0.6 is 0 Å². The van der Waals surface area contributed by atoms with Gasteiger partial charge >= 0.3 is 0 Å². The predicted octanol–water partition coefficient (Wildman–Crippen LogP) is 11.8. The highest BCUT2D eigenvalue weighted by Crippen LogP contribution is 2.41. The Bertz CT molecular complexity index is 3150. The molecule has 0 aliphatic heterocycles. The smallest absolute Gasteiger partial charge is 0.235 e. The molecule has 3 aromatic heterocycles. The largest absolute Gasteiger partial charge is 0.309 e. The Morgan fingerprint density at radius 1 is 0.360 bits per heavy atom. The summed E-state index contributed by atoms with van der Waals surface area (Å²) in [7, 11) is 0. The topological polar surface area (TPSA) is 35.6 Å². The highest BCUT2D eigenvalue weighted by molar-refractivity contribution is 6.23. The Labute approximate surface area is 287 Å². The molecule has 0 amide bonds. The molecule has 11 rings (SSSR count). The lowest BCUT2D eigenvalue weighted by atomic mass is 10.0. The number of nitrogens with zero attached hydrogens (tertiary/aromatic N) is 4. The van der Waals surface area contributed by atoms with Crippen LogP contribution in [-0.2, 0) is 0 Å². The summed E-state index contributed by atoms with van der Waals surface area (Å²) in [6.45, 7) is 0. The molecule has 11 aromatic rings. The molecule has 50 heavy (non-hydrogen) atoms. The van der Waals surface area contributed by atoms with Crippen molar-refractivity contribution in [3.63, 3.8) is 0 Å². The maximum Gasteiger partial charge on any atom is 0.235 e. The van der Waals surface area contributed by atoms with E-state index in [1.807, 2.05) is 12.1 Å². The second-order valence-corrected chi connectivity index (χ2v) is 13.0. The summed E-state index contributed by atoms with van der Waals surface area (Å²) in [5, 5.41) is 10.9. The lowest BCUT2D eigenvalue weighted by molar-refractivity contribution is 1.01. The van der Waals surface area contributed by atoms with Gasteiger partial charge in [-0.1, -0.05) is 127 Å². The van der Waals surface area contributed by atoms with Crippen molar-refractivity contribution in [2.75, 3.05) is 0 Å². The predicted molar refractivity (Wildman–Crippen MR) is 209 cm³/mol. The molecule has 0 radical (unpaired) electrons. The van der Waals surface area contributed by atoms with Crippen molar-refractivity contribution in [2.45, 2.75) is 0 Å². The molecular formula is C46H28N4. The van der Waals surface area contributed by atoms with E-state index >= 15 is 0 Å². The Balaban J connectivity index is 1.22. The number of rotatable bonds is 3. The first kappa shape index (κ1) is 27.2. The molecule has 0 saturated carbocycles. The highest BCUT2D eigenvalue weighted by Gasteiger charge is 2.20. The zero-order chi connectivity index (χ0) is 32.8. The van der Waals surface area contributed by atoms with Crippen molar-refractivity contribution in [3.05, 3.63) is 170 Å². The van der Waals surface area contributed by atoms with Gasteiger partial charge in [-0.15, -0.1) is 0 Å². The third kappa shape index (κ3) is 3.81. The number of aromatic nitrogens is 4. The maximum atomic E-state index is 5.29. The fourth-order valence-electron chi connectivity index (χ4n) is 8.13. The second kappa shape index (κ2) is 10.4. The van der Waals surface area contributed by atoms with Gasteiger partial charge in [0.15, 0.2) is 0 Å². The summed E-state index contributed by atoms with van der Waals surface area (Å²) >= 11 is 0. The van der Waals surface area contributed by atoms with E-state index in [0.29, 0.717) is 5.95 Å². The van der Waals surface area contributed by atoms with Crippen LogP contribution in [0.1, 0.15) is 0 Å². The van der Waals surface area contributed by atoms with Crippen LogP contribution in [0.5, 0.6) is 0 Å². The van der Waals surface area contributed by atoms with Crippen LogP contribution < -0.4 is 0 Å². The molecule has 0 unspecified atom stereocenters. The third-order valence-corrected chi connectivity index (χ3v) is 10.3. The minimum atomic E-state index is 0.665. The van der Waals surface area contributed by atoms with Gasteiger partial charge in [-0.2, -0.15) is 0 Å². The molecule has 4 heteroatoms. The minimum Gasteiger partial charge on any atom is -0.309 e. The molecule has 0 atom stereocenters. The second-order valence-electron chi connectivity index (χ2n) is 13.0. The van der Waals surface area contributed by atoms with Gasteiger partial charge in [-0.3, -0.25) is 4.57 Å². The van der Waals surface area contributed by atoms with E-state index < -0.39 is 0 Å². The first-order chi connectivity index (χ1) is 24.8. The van der Waals surface area contributed by atoms with E-state index in [-0.39, 0.29) is 0 Å². The summed E-state index contributed by atoms with van der Waals surface area (Å²) in [4.78, 5) is 10.5. The van der Waals surface area contributed by atoms with Crippen molar-refractivity contribution in [2.24, 2.45) is 0 Å². The average molecular weight is 637 g/mol. The molecule has 4 nitrogen and oxygen atoms in total. The van der Waals surface area contributed by atoms with Crippen molar-refractivity contribution in [1.82, 2.24) is 19.1 Å². The Kier molecular flexibility index (Phi) is 5.63. The normalized spacial score (nSPS) is 12.0. The van der Waals surface area contributed by atoms with Gasteiger partial charge in [0.25, 0.3) is 0 Å². The van der Waals surface area contributed by atoms with Crippen LogP contribution in [0.25, 0.3) is 99.0 Å². The van der Waals surface area contributed by atoms with Gasteiger partial charge < -0.3 is 4.57 Å². The first-order valence-electron chi connectivity index (χ1n) is 17.0. The molecule has 0 saturated heterocycles. The summed E-state index contributed by atoms with van der Waals surface area (Å²) in [5.41, 5.74) is 8.63. The fraction of sp³-hybridized carbons (Fsp3) is 0. The van der Waals surface area contributed by atoms with Gasteiger partial charge in [0.1, 0.15) is 0 Å². The molecular weight excluding hydrogens is 609 g/mol. The highest BCUT2D eigenvalue weighted by atomic mass is 15.2. The SMILES string of the molecule is c1ccc(-c2nc(-n3c4ccccc4c4c5cc(-n6c7ccccc7c7c8ccccc8ccc76)ccc5ccc43)nc3ccccc23)cc1. The Morgan fingerprint density at radius 3 is 1.70 bits per heavy atom. The molecule has 232 valence electrons. The molecule has 0 aliphatic rings. The summed E-state index contributed by atoms with van der Waals surface area (Å²) < 4.78 is 4.66. The zero-order valence-corrected chi connectivity index (χ0v) is 27.0. The van der Waals surface area contributed by atoms with Crippen molar-refractivity contribution in [1.29, 1.82) is 0 Å². The van der Waals surface area contributed by atoms with Crippen LogP contribution in [-0.4, -0.2) is 19.1 Å². The summed E-state index contributed by atoms with van der Waals surface area (Å²) in [6.07, 6.45) is 0. The molecule has 0 N–H and O–H groups in total. The van der Waals surface area contributed by atoms with Crippen LogP contribution in [0.15, 0.2) is 170 Å². The fourth-order valence-corrected chi connectivity index (χ4v) is 8.13. The maximum absolute atomic E-state index is 5.29. The van der Waals surface area contributed by atoms with Crippen LogP contribution in [0, 0.1) is 0 Å². The molecule has 8 aromatic carbocycles. The van der Waals surface area contributed by atoms with Crippen LogP contribution in [0.2, 0.25) is 0 Å². The molecule has 0 aliphatic carbocycles. The molecule has 0 bridgehead atoms. The molecule has 0 fully saturated rings. The number of benzene rings is 8. The van der Waals surface area contributed by atoms with Crippen molar-refractivity contribution in [3.8, 4) is 22.9 Å². The molecule has 3 heterocycles. The van der Waals surface area contributed by atoms with E-state index in [4.69, 9.17) is 9.97 Å². The summed E-state index contributed by atoms with van der Waals surface area (Å²) in [6, 6.07) is 60.7. The Morgan fingerprint density at radius 2 is 0.920 bits per heavy atom. The quantitative estimate of drug-likeness (QED) is 0.193. The van der Waals surface area contributed by atoms with Gasteiger partial charge in [0, 0.05) is 38.2 Å². The number of para-hydroxylation sites is 3. The van der Waals surface area contributed by atoms with E-state index in [2.05, 4.69) is 167 Å². The monoisotopic (exact) mass is 636 g/mol. The van der Waals surface area contributed by atoms with E-state index in [0.717, 1.165) is 38.9 Å². The van der Waals surface area contributed by atoms with E-state index in [9.17, 15) is 0 Å². The van der Waals surface area contributed by atoms with Gasteiger partial charge in [-0.05, 0) is 64.0 Å². The van der Waals surface area contributed by atoms with E-state index in [1.54, 1.807) is 0 Å². The van der Waals surface area contributed by atoms with Crippen molar-refractivity contribution >= 4 is 76.1 Å². The molecule has 0 spiro atoms. The number of fused-ring (bicyclic) bond motifs is 11. The minimum absolute atomic E-state index is 0.665.